The van der Waals surface area contributed by atoms with Crippen LogP contribution in [0.4, 0.5) is 18.9 Å². The molecule has 0 saturated heterocycles. The van der Waals surface area contributed by atoms with Crippen molar-refractivity contribution in [2.24, 2.45) is 5.10 Å². The molecule has 0 spiro atoms. The Hall–Kier alpha value is -3.30. The van der Waals surface area contributed by atoms with Crippen LogP contribution in [-0.2, 0) is 17.6 Å². The summed E-state index contributed by atoms with van der Waals surface area (Å²) < 4.78 is 51.4. The summed E-state index contributed by atoms with van der Waals surface area (Å²) >= 11 is 9.69. The average Bonchev–Trinajstić information content (AvgIpc) is 3.12. The maximum atomic E-state index is 13.1. The van der Waals surface area contributed by atoms with Crippen molar-refractivity contribution < 1.29 is 27.4 Å². The SMILES string of the molecule is COc1cc(/C=C2\C(=O)N(c3cccc(C(F)(F)F)c3)N=C2C)cc(Br)c1OCc1ccccc1Cl. The molecule has 1 aliphatic rings. The lowest BCUT2D eigenvalue weighted by molar-refractivity contribution is -0.137. The quantitative estimate of drug-likeness (QED) is 0.284. The van der Waals surface area contributed by atoms with Crippen molar-refractivity contribution in [2.45, 2.75) is 19.7 Å². The highest BCUT2D eigenvalue weighted by molar-refractivity contribution is 9.10. The van der Waals surface area contributed by atoms with Gasteiger partial charge in [0.2, 0.25) is 0 Å². The van der Waals surface area contributed by atoms with Crippen molar-refractivity contribution >= 4 is 50.9 Å². The van der Waals surface area contributed by atoms with Crippen LogP contribution in [0.25, 0.3) is 6.08 Å². The Morgan fingerprint density at radius 3 is 2.56 bits per heavy atom. The van der Waals surface area contributed by atoms with Gasteiger partial charge < -0.3 is 9.47 Å². The van der Waals surface area contributed by atoms with Crippen LogP contribution in [-0.4, -0.2) is 18.7 Å². The summed E-state index contributed by atoms with van der Waals surface area (Å²) in [5, 5.41) is 5.72. The zero-order valence-corrected chi connectivity index (χ0v) is 21.4. The van der Waals surface area contributed by atoms with E-state index in [1.807, 2.05) is 18.2 Å². The summed E-state index contributed by atoms with van der Waals surface area (Å²) in [6.45, 7) is 1.83. The Bertz CT molecular complexity index is 1390. The molecule has 0 radical (unpaired) electrons. The van der Waals surface area contributed by atoms with Gasteiger partial charge in [-0.1, -0.05) is 35.9 Å². The number of carbonyl (C=O) groups is 1. The molecule has 1 heterocycles. The zero-order chi connectivity index (χ0) is 26.0. The van der Waals surface area contributed by atoms with Crippen molar-refractivity contribution in [1.82, 2.24) is 0 Å². The van der Waals surface area contributed by atoms with E-state index < -0.39 is 17.6 Å². The van der Waals surface area contributed by atoms with Gasteiger partial charge in [-0.2, -0.15) is 23.3 Å². The zero-order valence-electron chi connectivity index (χ0n) is 19.1. The van der Waals surface area contributed by atoms with Crippen LogP contribution in [0.3, 0.4) is 0 Å². The number of benzene rings is 3. The number of ether oxygens (including phenoxy) is 2. The van der Waals surface area contributed by atoms with E-state index in [2.05, 4.69) is 21.0 Å². The van der Waals surface area contributed by atoms with Gasteiger partial charge in [0.1, 0.15) is 6.61 Å². The van der Waals surface area contributed by atoms with Gasteiger partial charge in [-0.05, 0) is 70.9 Å². The molecular weight excluding hydrogens is 561 g/mol. The lowest BCUT2D eigenvalue weighted by Crippen LogP contribution is -2.21. The summed E-state index contributed by atoms with van der Waals surface area (Å²) in [5.41, 5.74) is 1.18. The fourth-order valence-electron chi connectivity index (χ4n) is 3.57. The molecule has 5 nitrogen and oxygen atoms in total. The van der Waals surface area contributed by atoms with E-state index in [1.165, 1.54) is 19.2 Å². The van der Waals surface area contributed by atoms with Gasteiger partial charge in [0, 0.05) is 10.6 Å². The Kier molecular flexibility index (Phi) is 7.42. The van der Waals surface area contributed by atoms with Gasteiger partial charge in [0.05, 0.1) is 34.1 Å². The lowest BCUT2D eigenvalue weighted by atomic mass is 10.1. The first-order valence-electron chi connectivity index (χ1n) is 10.6. The number of carbonyl (C=O) groups excluding carboxylic acids is 1. The fraction of sp³-hybridized carbons (Fsp3) is 0.154. The molecule has 186 valence electrons. The molecule has 0 unspecified atom stereocenters. The number of hydrazone groups is 1. The minimum atomic E-state index is -4.53. The first kappa shape index (κ1) is 25.8. The van der Waals surface area contributed by atoms with Crippen LogP contribution in [0, 0.1) is 0 Å². The third-order valence-corrected chi connectivity index (χ3v) is 6.33. The molecule has 36 heavy (non-hydrogen) atoms. The van der Waals surface area contributed by atoms with Gasteiger partial charge in [-0.25, -0.2) is 0 Å². The first-order valence-corrected chi connectivity index (χ1v) is 11.8. The lowest BCUT2D eigenvalue weighted by Gasteiger charge is -2.15. The molecule has 10 heteroatoms. The largest absolute Gasteiger partial charge is 0.493 e. The minimum Gasteiger partial charge on any atom is -0.493 e. The Balaban J connectivity index is 1.60. The van der Waals surface area contributed by atoms with Crippen LogP contribution in [0.2, 0.25) is 5.02 Å². The van der Waals surface area contributed by atoms with Gasteiger partial charge in [0.15, 0.2) is 11.5 Å². The molecule has 0 N–H and O–H groups in total. The van der Waals surface area contributed by atoms with Gasteiger partial charge in [0.25, 0.3) is 5.91 Å². The third-order valence-electron chi connectivity index (χ3n) is 5.37. The van der Waals surface area contributed by atoms with E-state index in [1.54, 1.807) is 31.2 Å². The number of nitrogens with zero attached hydrogens (tertiary/aromatic N) is 2. The molecule has 0 saturated carbocycles. The van der Waals surface area contributed by atoms with Crippen molar-refractivity contribution in [3.63, 3.8) is 0 Å². The normalized spacial score (nSPS) is 14.9. The molecule has 3 aromatic rings. The summed E-state index contributed by atoms with van der Waals surface area (Å²) in [4.78, 5) is 13.1. The van der Waals surface area contributed by atoms with E-state index in [9.17, 15) is 18.0 Å². The maximum absolute atomic E-state index is 13.1. The smallest absolute Gasteiger partial charge is 0.416 e. The number of alkyl halides is 3. The van der Waals surface area contributed by atoms with Crippen molar-refractivity contribution in [3.8, 4) is 11.5 Å². The Morgan fingerprint density at radius 1 is 1.11 bits per heavy atom. The second-order valence-corrected chi connectivity index (χ2v) is 9.08. The second-order valence-electron chi connectivity index (χ2n) is 7.82. The number of hydrogen-bond donors (Lipinski definition) is 0. The van der Waals surface area contributed by atoms with Crippen LogP contribution in [0.5, 0.6) is 11.5 Å². The topological polar surface area (TPSA) is 51.1 Å². The summed E-state index contributed by atoms with van der Waals surface area (Å²) in [5.74, 6) is 0.326. The molecule has 0 bridgehead atoms. The van der Waals surface area contributed by atoms with E-state index in [-0.39, 0.29) is 17.9 Å². The van der Waals surface area contributed by atoms with Gasteiger partial charge in [-0.15, -0.1) is 0 Å². The molecule has 4 rings (SSSR count). The van der Waals surface area contributed by atoms with Crippen molar-refractivity contribution in [2.75, 3.05) is 12.1 Å². The third kappa shape index (κ3) is 5.42. The molecule has 3 aromatic carbocycles. The van der Waals surface area contributed by atoms with E-state index in [4.69, 9.17) is 21.1 Å². The highest BCUT2D eigenvalue weighted by atomic mass is 79.9. The molecule has 0 aliphatic carbocycles. The monoisotopic (exact) mass is 578 g/mol. The Morgan fingerprint density at radius 2 is 1.86 bits per heavy atom. The molecule has 0 atom stereocenters. The standard InChI is InChI=1S/C26H19BrClF3N2O3/c1-15-20(25(34)33(32-15)19-8-5-7-18(13-19)26(29,30)31)10-16-11-21(27)24(23(12-16)35-2)36-14-17-6-3-4-9-22(17)28/h3-13H,14H2,1-2H3/b20-10-. The van der Waals surface area contributed by atoms with E-state index >= 15 is 0 Å². The van der Waals surface area contributed by atoms with E-state index in [0.29, 0.717) is 32.3 Å². The summed E-state index contributed by atoms with van der Waals surface area (Å²) in [7, 11) is 1.49. The molecule has 0 fully saturated rings. The average molecular weight is 580 g/mol. The maximum Gasteiger partial charge on any atom is 0.416 e. The van der Waals surface area contributed by atoms with Crippen LogP contribution in [0.1, 0.15) is 23.6 Å². The fourth-order valence-corrected chi connectivity index (χ4v) is 4.33. The predicted molar refractivity (Wildman–Crippen MR) is 136 cm³/mol. The minimum absolute atomic E-state index is 0.0275. The van der Waals surface area contributed by atoms with E-state index in [0.717, 1.165) is 22.7 Å². The molecule has 0 aromatic heterocycles. The first-order chi connectivity index (χ1) is 17.1. The number of halogens is 5. The number of rotatable bonds is 6. The highest BCUT2D eigenvalue weighted by Crippen LogP contribution is 2.39. The summed E-state index contributed by atoms with van der Waals surface area (Å²) in [6.07, 6.45) is -2.94. The number of amides is 1. The van der Waals surface area contributed by atoms with Crippen LogP contribution < -0.4 is 14.5 Å². The van der Waals surface area contributed by atoms with Gasteiger partial charge >= 0.3 is 6.18 Å². The van der Waals surface area contributed by atoms with Crippen LogP contribution >= 0.6 is 27.5 Å². The number of methoxy groups -OCH3 is 1. The molecule has 1 aliphatic heterocycles. The van der Waals surface area contributed by atoms with Gasteiger partial charge in [-0.3, -0.25) is 4.79 Å². The van der Waals surface area contributed by atoms with Crippen LogP contribution in [0.15, 0.2) is 75.8 Å². The number of hydrogen-bond acceptors (Lipinski definition) is 4. The Labute approximate surface area is 218 Å². The van der Waals surface area contributed by atoms with Crippen molar-refractivity contribution in [3.05, 3.63) is 92.4 Å². The van der Waals surface area contributed by atoms with Crippen molar-refractivity contribution in [1.29, 1.82) is 0 Å². The highest BCUT2D eigenvalue weighted by Gasteiger charge is 2.33. The molecular formula is C26H19BrClF3N2O3. The molecule has 1 amide bonds. The summed E-state index contributed by atoms with van der Waals surface area (Å²) in [6, 6.07) is 15.2. The second kappa shape index (κ2) is 10.4. The predicted octanol–water partition coefficient (Wildman–Crippen LogP) is 7.52. The number of anilines is 1.